The Morgan fingerprint density at radius 2 is 2.21 bits per heavy atom. The standard InChI is InChI=1S/C12H13ClO6/c1-2-17-12(16)10(15)6-5-7-11(8(13)9(6)14)19-4-3-18-7/h5,10,14-15H,2-4H2,1H3. The first-order valence-corrected chi connectivity index (χ1v) is 6.09. The summed E-state index contributed by atoms with van der Waals surface area (Å²) in [7, 11) is 0. The Morgan fingerprint density at radius 1 is 1.53 bits per heavy atom. The van der Waals surface area contributed by atoms with Crippen LogP contribution in [0.3, 0.4) is 0 Å². The highest BCUT2D eigenvalue weighted by Crippen LogP contribution is 2.46. The van der Waals surface area contributed by atoms with Gasteiger partial charge in [-0.15, -0.1) is 0 Å². The Labute approximate surface area is 114 Å². The zero-order valence-electron chi connectivity index (χ0n) is 10.2. The van der Waals surface area contributed by atoms with E-state index in [2.05, 4.69) is 4.74 Å². The number of carbonyl (C=O) groups excluding carboxylic acids is 1. The fourth-order valence-electron chi connectivity index (χ4n) is 1.71. The second-order valence-electron chi connectivity index (χ2n) is 3.81. The molecule has 2 N–H and O–H groups in total. The SMILES string of the molecule is CCOC(=O)C(O)c1cc2c(c(Cl)c1O)OCCO2. The number of phenols is 1. The quantitative estimate of drug-likeness (QED) is 0.818. The zero-order valence-corrected chi connectivity index (χ0v) is 10.9. The number of halogens is 1. The number of carbonyl (C=O) groups is 1. The number of aliphatic hydroxyl groups is 1. The summed E-state index contributed by atoms with van der Waals surface area (Å²) in [6.45, 7) is 2.37. The zero-order chi connectivity index (χ0) is 14.0. The number of rotatable bonds is 3. The molecule has 7 heteroatoms. The molecule has 0 fully saturated rings. The molecule has 0 aliphatic carbocycles. The number of ether oxygens (including phenoxy) is 3. The van der Waals surface area contributed by atoms with Gasteiger partial charge in [-0.05, 0) is 13.0 Å². The number of benzene rings is 1. The van der Waals surface area contributed by atoms with E-state index in [0.717, 1.165) is 0 Å². The summed E-state index contributed by atoms with van der Waals surface area (Å²) in [5.41, 5.74) is -0.0762. The maximum atomic E-state index is 11.5. The van der Waals surface area contributed by atoms with Gasteiger partial charge in [-0.25, -0.2) is 4.79 Å². The van der Waals surface area contributed by atoms with Crippen LogP contribution in [-0.2, 0) is 9.53 Å². The van der Waals surface area contributed by atoms with Crippen molar-refractivity contribution < 1.29 is 29.2 Å². The molecule has 104 valence electrons. The predicted molar refractivity (Wildman–Crippen MR) is 65.7 cm³/mol. The van der Waals surface area contributed by atoms with E-state index < -0.39 is 17.8 Å². The van der Waals surface area contributed by atoms with Gasteiger partial charge in [0.2, 0.25) is 0 Å². The third-order valence-electron chi connectivity index (χ3n) is 2.58. The molecule has 6 nitrogen and oxygen atoms in total. The van der Waals surface area contributed by atoms with Crippen LogP contribution in [0.15, 0.2) is 6.07 Å². The molecule has 0 spiro atoms. The van der Waals surface area contributed by atoms with Crippen molar-refractivity contribution in [1.82, 2.24) is 0 Å². The van der Waals surface area contributed by atoms with Gasteiger partial charge in [-0.2, -0.15) is 0 Å². The summed E-state index contributed by atoms with van der Waals surface area (Å²) in [5.74, 6) is -0.824. The molecule has 0 amide bonds. The molecule has 1 aliphatic rings. The number of aliphatic hydroxyl groups excluding tert-OH is 1. The molecule has 1 unspecified atom stereocenters. The average molecular weight is 289 g/mol. The lowest BCUT2D eigenvalue weighted by atomic mass is 10.1. The first-order chi connectivity index (χ1) is 9.06. The molecule has 0 bridgehead atoms. The number of fused-ring (bicyclic) bond motifs is 1. The molecule has 2 rings (SSSR count). The number of hydrogen-bond donors (Lipinski definition) is 2. The third kappa shape index (κ3) is 2.54. The van der Waals surface area contributed by atoms with Crippen LogP contribution in [0, 0.1) is 0 Å². The Morgan fingerprint density at radius 3 is 2.89 bits per heavy atom. The lowest BCUT2D eigenvalue weighted by Gasteiger charge is -2.22. The Kier molecular flexibility index (Phi) is 4.01. The minimum Gasteiger partial charge on any atom is -0.506 e. The van der Waals surface area contributed by atoms with E-state index in [-0.39, 0.29) is 28.7 Å². The monoisotopic (exact) mass is 288 g/mol. The number of phenolic OH excluding ortho intramolecular Hbond substituents is 1. The van der Waals surface area contributed by atoms with Gasteiger partial charge in [-0.3, -0.25) is 0 Å². The topological polar surface area (TPSA) is 85.2 Å². The van der Waals surface area contributed by atoms with Gasteiger partial charge in [-0.1, -0.05) is 11.6 Å². The number of esters is 1. The molecular weight excluding hydrogens is 276 g/mol. The van der Waals surface area contributed by atoms with Crippen molar-refractivity contribution >= 4 is 17.6 Å². The molecule has 1 heterocycles. The van der Waals surface area contributed by atoms with Crippen molar-refractivity contribution in [3.63, 3.8) is 0 Å². The third-order valence-corrected chi connectivity index (χ3v) is 2.93. The number of aromatic hydroxyl groups is 1. The van der Waals surface area contributed by atoms with Crippen LogP contribution in [0.2, 0.25) is 5.02 Å². The van der Waals surface area contributed by atoms with Crippen LogP contribution in [0.5, 0.6) is 17.2 Å². The Bertz CT molecular complexity index is 501. The van der Waals surface area contributed by atoms with Crippen molar-refractivity contribution in [3.8, 4) is 17.2 Å². The molecule has 1 aromatic rings. The van der Waals surface area contributed by atoms with Crippen molar-refractivity contribution in [1.29, 1.82) is 0 Å². The fourth-order valence-corrected chi connectivity index (χ4v) is 1.97. The fraction of sp³-hybridized carbons (Fsp3) is 0.417. The van der Waals surface area contributed by atoms with E-state index in [0.29, 0.717) is 13.2 Å². The highest BCUT2D eigenvalue weighted by Gasteiger charge is 2.28. The van der Waals surface area contributed by atoms with Crippen molar-refractivity contribution in [2.45, 2.75) is 13.0 Å². The van der Waals surface area contributed by atoms with Gasteiger partial charge in [0, 0.05) is 5.56 Å². The van der Waals surface area contributed by atoms with Gasteiger partial charge in [0.1, 0.15) is 24.0 Å². The van der Waals surface area contributed by atoms with Gasteiger partial charge < -0.3 is 24.4 Å². The average Bonchev–Trinajstić information content (AvgIpc) is 2.42. The summed E-state index contributed by atoms with van der Waals surface area (Å²) in [4.78, 5) is 11.5. The minimum absolute atomic E-state index is 0.0762. The van der Waals surface area contributed by atoms with E-state index in [1.165, 1.54) is 6.07 Å². The molecule has 1 aromatic carbocycles. The lowest BCUT2D eigenvalue weighted by Crippen LogP contribution is -2.18. The van der Waals surface area contributed by atoms with Crippen LogP contribution >= 0.6 is 11.6 Å². The van der Waals surface area contributed by atoms with Crippen LogP contribution in [-0.4, -0.2) is 36.0 Å². The highest BCUT2D eigenvalue weighted by atomic mass is 35.5. The maximum absolute atomic E-state index is 11.5. The summed E-state index contributed by atoms with van der Waals surface area (Å²) >= 11 is 5.92. The van der Waals surface area contributed by atoms with E-state index in [1.807, 2.05) is 0 Å². The van der Waals surface area contributed by atoms with Gasteiger partial charge in [0.05, 0.1) is 6.61 Å². The van der Waals surface area contributed by atoms with E-state index >= 15 is 0 Å². The van der Waals surface area contributed by atoms with E-state index in [4.69, 9.17) is 21.1 Å². The second-order valence-corrected chi connectivity index (χ2v) is 4.19. The summed E-state index contributed by atoms with van der Waals surface area (Å²) in [6.07, 6.45) is -1.63. The normalized spacial score (nSPS) is 14.9. The smallest absolute Gasteiger partial charge is 0.339 e. The Balaban J connectivity index is 2.41. The summed E-state index contributed by atoms with van der Waals surface area (Å²) in [6, 6.07) is 1.32. The van der Waals surface area contributed by atoms with Crippen LogP contribution in [0.1, 0.15) is 18.6 Å². The van der Waals surface area contributed by atoms with Crippen molar-refractivity contribution in [3.05, 3.63) is 16.7 Å². The molecule has 0 saturated heterocycles. The van der Waals surface area contributed by atoms with Gasteiger partial charge >= 0.3 is 5.97 Å². The minimum atomic E-state index is -1.63. The Hall–Kier alpha value is -1.66. The molecular formula is C12H13ClO6. The van der Waals surface area contributed by atoms with Gasteiger partial charge in [0.15, 0.2) is 17.6 Å². The first-order valence-electron chi connectivity index (χ1n) is 5.72. The maximum Gasteiger partial charge on any atom is 0.339 e. The van der Waals surface area contributed by atoms with Crippen molar-refractivity contribution in [2.24, 2.45) is 0 Å². The van der Waals surface area contributed by atoms with Gasteiger partial charge in [0.25, 0.3) is 0 Å². The second kappa shape index (κ2) is 5.54. The van der Waals surface area contributed by atoms with E-state index in [1.54, 1.807) is 6.92 Å². The molecule has 1 atom stereocenters. The molecule has 1 aliphatic heterocycles. The predicted octanol–water partition coefficient (Wildman–Crippen LogP) is 1.41. The first kappa shape index (κ1) is 13.8. The van der Waals surface area contributed by atoms with Crippen LogP contribution in [0.25, 0.3) is 0 Å². The molecule has 0 saturated carbocycles. The lowest BCUT2D eigenvalue weighted by molar-refractivity contribution is -0.153. The highest BCUT2D eigenvalue weighted by molar-refractivity contribution is 6.34. The summed E-state index contributed by atoms with van der Waals surface area (Å²) in [5, 5.41) is 19.6. The largest absolute Gasteiger partial charge is 0.506 e. The molecule has 19 heavy (non-hydrogen) atoms. The number of hydrogen-bond acceptors (Lipinski definition) is 6. The molecule has 0 radical (unpaired) electrons. The van der Waals surface area contributed by atoms with Crippen LogP contribution < -0.4 is 9.47 Å². The van der Waals surface area contributed by atoms with Crippen LogP contribution in [0.4, 0.5) is 0 Å². The van der Waals surface area contributed by atoms with Crippen molar-refractivity contribution in [2.75, 3.05) is 19.8 Å². The van der Waals surface area contributed by atoms with E-state index in [9.17, 15) is 15.0 Å². The summed E-state index contributed by atoms with van der Waals surface area (Å²) < 4.78 is 15.3. The molecule has 0 aromatic heterocycles.